The normalized spacial score (nSPS) is 18.9. The van der Waals surface area contributed by atoms with Crippen molar-refractivity contribution >= 4 is 38.7 Å². The molecule has 0 bridgehead atoms. The first-order chi connectivity index (χ1) is 10.1. The van der Waals surface area contributed by atoms with Gasteiger partial charge in [-0.3, -0.25) is 14.9 Å². The Bertz CT molecular complexity index is 713. The first-order valence-electron chi connectivity index (χ1n) is 6.87. The topological polar surface area (TPSA) is 76.3 Å². The van der Waals surface area contributed by atoms with Gasteiger partial charge in [-0.15, -0.1) is 11.3 Å². The fraction of sp³-hybridized carbons (Fsp3) is 0.429. The molecule has 0 aliphatic carbocycles. The molecule has 0 radical (unpaired) electrons. The third-order valence-electron chi connectivity index (χ3n) is 3.92. The highest BCUT2D eigenvalue weighted by molar-refractivity contribution is 7.16. The van der Waals surface area contributed by atoms with Crippen molar-refractivity contribution in [3.8, 4) is 0 Å². The maximum atomic E-state index is 11.9. The molecule has 1 aromatic carbocycles. The number of aromatic nitrogens is 1. The molecule has 110 valence electrons. The second-order valence-corrected chi connectivity index (χ2v) is 6.09. The summed E-state index contributed by atoms with van der Waals surface area (Å²) in [6, 6.07) is 3.33. The molecule has 7 heteroatoms. The summed E-state index contributed by atoms with van der Waals surface area (Å²) in [5, 5.41) is 11.5. The van der Waals surface area contributed by atoms with Crippen LogP contribution in [0, 0.1) is 10.1 Å². The number of benzene rings is 1. The molecule has 21 heavy (non-hydrogen) atoms. The Kier molecular flexibility index (Phi) is 3.59. The van der Waals surface area contributed by atoms with E-state index in [0.29, 0.717) is 17.7 Å². The lowest BCUT2D eigenvalue weighted by molar-refractivity contribution is -0.382. The highest BCUT2D eigenvalue weighted by Crippen LogP contribution is 2.39. The van der Waals surface area contributed by atoms with E-state index in [4.69, 9.17) is 0 Å². The van der Waals surface area contributed by atoms with Gasteiger partial charge in [0, 0.05) is 6.54 Å². The zero-order valence-corrected chi connectivity index (χ0v) is 12.4. The summed E-state index contributed by atoms with van der Waals surface area (Å²) in [5.41, 5.74) is 2.55. The van der Waals surface area contributed by atoms with Crippen molar-refractivity contribution in [1.82, 2.24) is 4.98 Å². The molecule has 1 aliphatic heterocycles. The van der Waals surface area contributed by atoms with E-state index in [2.05, 4.69) is 4.98 Å². The van der Waals surface area contributed by atoms with Gasteiger partial charge in [-0.05, 0) is 38.3 Å². The van der Waals surface area contributed by atoms with Crippen LogP contribution < -0.4 is 4.90 Å². The molecule has 1 unspecified atom stereocenters. The molecule has 0 spiro atoms. The van der Waals surface area contributed by atoms with Crippen LogP contribution in [0.4, 0.5) is 11.4 Å². The van der Waals surface area contributed by atoms with Gasteiger partial charge in [-0.1, -0.05) is 0 Å². The predicted octanol–water partition coefficient (Wildman–Crippen LogP) is 3.15. The van der Waals surface area contributed by atoms with Crippen molar-refractivity contribution in [2.75, 3.05) is 11.4 Å². The van der Waals surface area contributed by atoms with Crippen LogP contribution in [0.1, 0.15) is 26.2 Å². The van der Waals surface area contributed by atoms with Crippen molar-refractivity contribution in [3.63, 3.8) is 0 Å². The monoisotopic (exact) mass is 305 g/mol. The molecule has 6 nitrogen and oxygen atoms in total. The number of nitro groups is 1. The maximum Gasteiger partial charge on any atom is 0.319 e. The van der Waals surface area contributed by atoms with E-state index >= 15 is 0 Å². The SMILES string of the molecule is CC(=O)C1CCCCN1c1ccc2scnc2c1[N+](=O)[O-]. The molecule has 1 fully saturated rings. The average Bonchev–Trinajstić information content (AvgIpc) is 2.94. The molecule has 3 rings (SSSR count). The molecule has 1 atom stereocenters. The molecule has 1 saturated heterocycles. The van der Waals surface area contributed by atoms with E-state index in [-0.39, 0.29) is 22.4 Å². The van der Waals surface area contributed by atoms with Gasteiger partial charge in [0.1, 0.15) is 5.69 Å². The third kappa shape index (κ3) is 2.37. The number of hydrogen-bond acceptors (Lipinski definition) is 6. The van der Waals surface area contributed by atoms with Gasteiger partial charge in [0.25, 0.3) is 0 Å². The van der Waals surface area contributed by atoms with Crippen LogP contribution in [-0.4, -0.2) is 28.3 Å². The van der Waals surface area contributed by atoms with Crippen molar-refractivity contribution < 1.29 is 9.72 Å². The molecular formula is C14H15N3O3S. The van der Waals surface area contributed by atoms with E-state index in [9.17, 15) is 14.9 Å². The zero-order chi connectivity index (χ0) is 15.0. The summed E-state index contributed by atoms with van der Waals surface area (Å²) in [6.45, 7) is 2.22. The average molecular weight is 305 g/mol. The number of nitro benzene ring substituents is 1. The van der Waals surface area contributed by atoms with E-state index < -0.39 is 0 Å². The van der Waals surface area contributed by atoms with Crippen LogP contribution in [0.5, 0.6) is 0 Å². The lowest BCUT2D eigenvalue weighted by atomic mass is 9.98. The van der Waals surface area contributed by atoms with Crippen LogP contribution >= 0.6 is 11.3 Å². The minimum Gasteiger partial charge on any atom is -0.356 e. The Hall–Kier alpha value is -2.02. The minimum absolute atomic E-state index is 0.0156. The van der Waals surface area contributed by atoms with Gasteiger partial charge in [0.2, 0.25) is 0 Å². The second kappa shape index (κ2) is 5.40. The van der Waals surface area contributed by atoms with Gasteiger partial charge in [0.05, 0.1) is 21.2 Å². The van der Waals surface area contributed by atoms with Crippen molar-refractivity contribution in [2.24, 2.45) is 0 Å². The summed E-state index contributed by atoms with van der Waals surface area (Å²) < 4.78 is 0.793. The van der Waals surface area contributed by atoms with Crippen LogP contribution in [-0.2, 0) is 4.79 Å². The Morgan fingerprint density at radius 2 is 2.29 bits per heavy atom. The lowest BCUT2D eigenvalue weighted by Gasteiger charge is -2.35. The zero-order valence-electron chi connectivity index (χ0n) is 11.6. The number of rotatable bonds is 3. The Morgan fingerprint density at radius 3 is 3.00 bits per heavy atom. The molecule has 0 saturated carbocycles. The molecule has 0 N–H and O–H groups in total. The van der Waals surface area contributed by atoms with Crippen molar-refractivity contribution in [3.05, 3.63) is 27.8 Å². The summed E-state index contributed by atoms with van der Waals surface area (Å²) in [4.78, 5) is 29.0. The van der Waals surface area contributed by atoms with Crippen molar-refractivity contribution in [1.29, 1.82) is 0 Å². The number of nitrogens with zero attached hydrogens (tertiary/aromatic N) is 3. The summed E-state index contributed by atoms with van der Waals surface area (Å²) in [6.07, 6.45) is 2.67. The summed E-state index contributed by atoms with van der Waals surface area (Å²) >= 11 is 1.38. The Labute approximate surface area is 125 Å². The fourth-order valence-electron chi connectivity index (χ4n) is 2.96. The van der Waals surface area contributed by atoms with Gasteiger partial charge in [-0.25, -0.2) is 4.98 Å². The second-order valence-electron chi connectivity index (χ2n) is 5.21. The number of carbonyl (C=O) groups is 1. The maximum absolute atomic E-state index is 11.9. The quantitative estimate of drug-likeness (QED) is 0.643. The minimum atomic E-state index is -0.386. The standard InChI is InChI=1S/C14H15N3O3S/c1-9(18)10-4-2-3-7-16(10)11-5-6-12-13(15-8-21-12)14(11)17(19)20/h5-6,8,10H,2-4,7H2,1H3. The number of ketones is 1. The number of fused-ring (bicyclic) bond motifs is 1. The number of carbonyl (C=O) groups excluding carboxylic acids is 1. The van der Waals surface area contributed by atoms with Crippen molar-refractivity contribution in [2.45, 2.75) is 32.2 Å². The van der Waals surface area contributed by atoms with Crippen LogP contribution in [0.3, 0.4) is 0 Å². The van der Waals surface area contributed by atoms with E-state index in [1.165, 1.54) is 11.3 Å². The Balaban J connectivity index is 2.16. The number of Topliss-reactive ketones (excluding diaryl/α,β-unsaturated/α-hetero) is 1. The van der Waals surface area contributed by atoms with Gasteiger partial charge >= 0.3 is 5.69 Å². The van der Waals surface area contributed by atoms with Crippen LogP contribution in [0.2, 0.25) is 0 Å². The third-order valence-corrected chi connectivity index (χ3v) is 4.71. The number of hydrogen-bond donors (Lipinski definition) is 0. The Morgan fingerprint density at radius 1 is 1.48 bits per heavy atom. The fourth-order valence-corrected chi connectivity index (χ4v) is 3.64. The highest BCUT2D eigenvalue weighted by Gasteiger charge is 2.32. The van der Waals surface area contributed by atoms with E-state index in [1.54, 1.807) is 18.5 Å². The number of piperidine rings is 1. The smallest absolute Gasteiger partial charge is 0.319 e. The number of anilines is 1. The summed E-state index contributed by atoms with van der Waals surface area (Å²) in [7, 11) is 0. The predicted molar refractivity (Wildman–Crippen MR) is 81.9 cm³/mol. The largest absolute Gasteiger partial charge is 0.356 e. The molecular weight excluding hydrogens is 290 g/mol. The van der Waals surface area contributed by atoms with E-state index in [1.807, 2.05) is 11.0 Å². The van der Waals surface area contributed by atoms with Crippen LogP contribution in [0.25, 0.3) is 10.2 Å². The molecule has 0 amide bonds. The van der Waals surface area contributed by atoms with Gasteiger partial charge in [-0.2, -0.15) is 0 Å². The molecule has 1 aromatic heterocycles. The number of thiazole rings is 1. The van der Waals surface area contributed by atoms with Crippen LogP contribution in [0.15, 0.2) is 17.6 Å². The molecule has 2 heterocycles. The highest BCUT2D eigenvalue weighted by atomic mass is 32.1. The first-order valence-corrected chi connectivity index (χ1v) is 7.75. The first kappa shape index (κ1) is 13.9. The molecule has 2 aromatic rings. The van der Waals surface area contributed by atoms with Gasteiger partial charge < -0.3 is 4.90 Å². The van der Waals surface area contributed by atoms with Gasteiger partial charge in [0.15, 0.2) is 11.3 Å². The van der Waals surface area contributed by atoms with E-state index in [0.717, 1.165) is 24.0 Å². The lowest BCUT2D eigenvalue weighted by Crippen LogP contribution is -2.44. The summed E-state index contributed by atoms with van der Waals surface area (Å²) in [5.74, 6) is 0.0578. The molecule has 1 aliphatic rings.